The number of benzene rings is 1. The lowest BCUT2D eigenvalue weighted by Gasteiger charge is -2.39. The van der Waals surface area contributed by atoms with Crippen LogP contribution in [0.3, 0.4) is 0 Å². The van der Waals surface area contributed by atoms with Gasteiger partial charge in [-0.25, -0.2) is 4.98 Å². The number of aromatic nitrogens is 2. The number of para-hydroxylation sites is 2. The maximum atomic E-state index is 13.0. The number of esters is 1. The third-order valence-corrected chi connectivity index (χ3v) is 8.71. The Morgan fingerprint density at radius 2 is 2.00 bits per heavy atom. The van der Waals surface area contributed by atoms with Crippen molar-refractivity contribution in [3.05, 3.63) is 40.3 Å². The van der Waals surface area contributed by atoms with Gasteiger partial charge in [0.05, 0.1) is 17.5 Å². The number of carbonyl (C=O) groups is 2. The summed E-state index contributed by atoms with van der Waals surface area (Å²) in [5, 5.41) is 3.11. The fraction of sp³-hybridized carbons (Fsp3) is 0.630. The summed E-state index contributed by atoms with van der Waals surface area (Å²) in [6.07, 6.45) is 5.39. The molecule has 184 valence electrons. The summed E-state index contributed by atoms with van der Waals surface area (Å²) in [5.41, 5.74) is 2.03. The van der Waals surface area contributed by atoms with E-state index in [1.54, 1.807) is 4.57 Å². The number of ether oxygens (including phenoxy) is 1. The zero-order chi connectivity index (χ0) is 24.5. The molecule has 4 rings (SSSR count). The highest BCUT2D eigenvalue weighted by Crippen LogP contribution is 2.65. The van der Waals surface area contributed by atoms with Crippen LogP contribution in [0.25, 0.3) is 11.0 Å². The first-order chi connectivity index (χ1) is 16.2. The number of rotatable bonds is 9. The molecule has 3 unspecified atom stereocenters. The molecule has 7 nitrogen and oxygen atoms in total. The molecule has 0 saturated heterocycles. The topological polar surface area (TPSA) is 90.3 Å². The molecule has 0 radical (unpaired) electrons. The van der Waals surface area contributed by atoms with Crippen molar-refractivity contribution in [2.75, 3.05) is 6.61 Å². The molecule has 2 aliphatic rings. The van der Waals surface area contributed by atoms with Gasteiger partial charge in [-0.15, -0.1) is 0 Å². The molecule has 2 fully saturated rings. The predicted molar refractivity (Wildman–Crippen MR) is 131 cm³/mol. The van der Waals surface area contributed by atoms with Gasteiger partial charge >= 0.3 is 5.97 Å². The highest BCUT2D eigenvalue weighted by Gasteiger charge is 2.61. The van der Waals surface area contributed by atoms with E-state index in [4.69, 9.17) is 4.74 Å². The van der Waals surface area contributed by atoms with E-state index in [-0.39, 0.29) is 47.8 Å². The summed E-state index contributed by atoms with van der Waals surface area (Å²) < 4.78 is 6.98. The molecule has 2 bridgehead atoms. The molecule has 2 aromatic rings. The Morgan fingerprint density at radius 3 is 2.68 bits per heavy atom. The van der Waals surface area contributed by atoms with Crippen LogP contribution in [0.4, 0.5) is 0 Å². The lowest BCUT2D eigenvalue weighted by atomic mass is 9.69. The summed E-state index contributed by atoms with van der Waals surface area (Å²) >= 11 is 0. The van der Waals surface area contributed by atoms with Crippen molar-refractivity contribution in [3.63, 3.8) is 0 Å². The second-order valence-corrected chi connectivity index (χ2v) is 10.7. The Kier molecular flexibility index (Phi) is 6.83. The summed E-state index contributed by atoms with van der Waals surface area (Å²) in [5.74, 6) is -0.126. The molecule has 1 aromatic heterocycles. The Labute approximate surface area is 201 Å². The first-order valence-corrected chi connectivity index (χ1v) is 12.6. The second kappa shape index (κ2) is 9.51. The molecule has 1 heterocycles. The fourth-order valence-corrected chi connectivity index (χ4v) is 6.04. The number of nitrogens with one attached hydrogen (secondary N) is 1. The van der Waals surface area contributed by atoms with Gasteiger partial charge in [-0.2, -0.15) is 0 Å². The minimum absolute atomic E-state index is 0.0118. The largest absolute Gasteiger partial charge is 0.456 e. The summed E-state index contributed by atoms with van der Waals surface area (Å²) in [4.78, 5) is 42.3. The van der Waals surface area contributed by atoms with Crippen LogP contribution in [0.5, 0.6) is 0 Å². The van der Waals surface area contributed by atoms with Gasteiger partial charge in [0.25, 0.3) is 11.5 Å². The minimum Gasteiger partial charge on any atom is -0.456 e. The lowest BCUT2D eigenvalue weighted by Crippen LogP contribution is -2.48. The zero-order valence-electron chi connectivity index (χ0n) is 20.9. The Bertz CT molecular complexity index is 1140. The standard InChI is InChI=1S/C27H37N3O4/c1-5-6-15-30-21-10-8-7-9-19(21)28-20(25(30)33)11-12-24(32)34-17-23(31)29-22-16-18-13-14-27(22,4)26(18,2)3/h7-10,18,22H,5-6,11-17H2,1-4H3,(H,29,31). The number of hydrogen-bond acceptors (Lipinski definition) is 5. The highest BCUT2D eigenvalue weighted by atomic mass is 16.5. The number of nitrogens with zero attached hydrogens (tertiary/aromatic N) is 2. The number of hydrogen-bond donors (Lipinski definition) is 1. The average Bonchev–Trinajstić information content (AvgIpc) is 3.14. The molecular weight excluding hydrogens is 430 g/mol. The number of fused-ring (bicyclic) bond motifs is 3. The van der Waals surface area contributed by atoms with Crippen LogP contribution in [0.2, 0.25) is 0 Å². The van der Waals surface area contributed by atoms with E-state index in [2.05, 4.69) is 38.0 Å². The highest BCUT2D eigenvalue weighted by molar-refractivity contribution is 5.81. The number of carbonyl (C=O) groups excluding carboxylic acids is 2. The molecule has 2 saturated carbocycles. The molecule has 0 aliphatic heterocycles. The maximum Gasteiger partial charge on any atom is 0.306 e. The van der Waals surface area contributed by atoms with Gasteiger partial charge in [-0.1, -0.05) is 46.2 Å². The number of amides is 1. The summed E-state index contributed by atoms with van der Waals surface area (Å²) in [6.45, 7) is 9.28. The Hall–Kier alpha value is -2.70. The van der Waals surface area contributed by atoms with Crippen molar-refractivity contribution in [2.45, 2.75) is 85.2 Å². The van der Waals surface area contributed by atoms with Gasteiger partial charge in [0, 0.05) is 19.0 Å². The molecule has 1 N–H and O–H groups in total. The van der Waals surface area contributed by atoms with Gasteiger partial charge in [0.2, 0.25) is 0 Å². The average molecular weight is 468 g/mol. The summed E-state index contributed by atoms with van der Waals surface area (Å²) in [6, 6.07) is 7.68. The lowest BCUT2D eigenvalue weighted by molar-refractivity contribution is -0.149. The third kappa shape index (κ3) is 4.37. The Morgan fingerprint density at radius 1 is 1.24 bits per heavy atom. The molecule has 34 heavy (non-hydrogen) atoms. The summed E-state index contributed by atoms with van der Waals surface area (Å²) in [7, 11) is 0. The van der Waals surface area contributed by atoms with Crippen LogP contribution in [0, 0.1) is 16.7 Å². The fourth-order valence-electron chi connectivity index (χ4n) is 6.04. The van der Waals surface area contributed by atoms with E-state index in [1.165, 1.54) is 6.42 Å². The quantitative estimate of drug-likeness (QED) is 0.563. The van der Waals surface area contributed by atoms with Crippen LogP contribution in [-0.4, -0.2) is 34.1 Å². The first kappa shape index (κ1) is 24.4. The molecule has 1 amide bonds. The maximum absolute atomic E-state index is 13.0. The smallest absolute Gasteiger partial charge is 0.306 e. The molecular formula is C27H37N3O4. The molecule has 0 spiro atoms. The second-order valence-electron chi connectivity index (χ2n) is 10.7. The van der Waals surface area contributed by atoms with Gasteiger partial charge in [-0.05, 0) is 54.6 Å². The van der Waals surface area contributed by atoms with Crippen LogP contribution >= 0.6 is 0 Å². The van der Waals surface area contributed by atoms with Crippen LogP contribution in [0.1, 0.15) is 71.9 Å². The molecule has 1 aromatic carbocycles. The van der Waals surface area contributed by atoms with Gasteiger partial charge < -0.3 is 14.6 Å². The van der Waals surface area contributed by atoms with E-state index >= 15 is 0 Å². The first-order valence-electron chi connectivity index (χ1n) is 12.6. The van der Waals surface area contributed by atoms with E-state index < -0.39 is 5.97 Å². The van der Waals surface area contributed by atoms with Gasteiger partial charge in [-0.3, -0.25) is 14.4 Å². The van der Waals surface area contributed by atoms with Crippen LogP contribution in [0.15, 0.2) is 29.1 Å². The predicted octanol–water partition coefficient (Wildman–Crippen LogP) is 4.00. The van der Waals surface area contributed by atoms with Gasteiger partial charge in [0.1, 0.15) is 5.69 Å². The van der Waals surface area contributed by atoms with Crippen LogP contribution < -0.4 is 10.9 Å². The zero-order valence-corrected chi connectivity index (χ0v) is 20.9. The van der Waals surface area contributed by atoms with Crippen molar-refractivity contribution < 1.29 is 14.3 Å². The molecule has 3 atom stereocenters. The van der Waals surface area contributed by atoms with Crippen molar-refractivity contribution >= 4 is 22.9 Å². The monoisotopic (exact) mass is 467 g/mol. The minimum atomic E-state index is -0.496. The normalized spacial score (nSPS) is 24.9. The number of aryl methyl sites for hydroxylation is 2. The van der Waals surface area contributed by atoms with Crippen molar-refractivity contribution in [2.24, 2.45) is 16.7 Å². The number of unbranched alkanes of at least 4 members (excludes halogenated alkanes) is 1. The van der Waals surface area contributed by atoms with E-state index in [0.29, 0.717) is 18.2 Å². The SMILES string of the molecule is CCCCn1c(=O)c(CCC(=O)OCC(=O)NC2CC3CCC2(C)C3(C)C)nc2ccccc21. The molecule has 7 heteroatoms. The van der Waals surface area contributed by atoms with E-state index in [1.807, 2.05) is 24.3 Å². The van der Waals surface area contributed by atoms with Gasteiger partial charge in [0.15, 0.2) is 6.61 Å². The van der Waals surface area contributed by atoms with Crippen molar-refractivity contribution in [1.29, 1.82) is 0 Å². The van der Waals surface area contributed by atoms with Crippen molar-refractivity contribution in [1.82, 2.24) is 14.9 Å². The van der Waals surface area contributed by atoms with E-state index in [0.717, 1.165) is 36.7 Å². The Balaban J connectivity index is 1.33. The van der Waals surface area contributed by atoms with Crippen LogP contribution in [-0.2, 0) is 27.3 Å². The third-order valence-electron chi connectivity index (χ3n) is 8.71. The molecule has 2 aliphatic carbocycles. The van der Waals surface area contributed by atoms with Crippen molar-refractivity contribution in [3.8, 4) is 0 Å². The van der Waals surface area contributed by atoms with E-state index in [9.17, 15) is 14.4 Å².